The van der Waals surface area contributed by atoms with Gasteiger partial charge in [0.05, 0.1) is 60.7 Å². The summed E-state index contributed by atoms with van der Waals surface area (Å²) >= 11 is 0. The Morgan fingerprint density at radius 2 is 1.31 bits per heavy atom. The van der Waals surface area contributed by atoms with Gasteiger partial charge in [-0.25, -0.2) is 9.59 Å². The minimum atomic E-state index is -0.589. The first-order chi connectivity index (χ1) is 24.6. The lowest BCUT2D eigenvalue weighted by molar-refractivity contribution is -0.143. The molecule has 52 heavy (non-hydrogen) atoms. The van der Waals surface area contributed by atoms with E-state index in [2.05, 4.69) is 21.7 Å². The summed E-state index contributed by atoms with van der Waals surface area (Å²) in [7, 11) is 0. The third-order valence-electron chi connectivity index (χ3n) is 9.61. The molecule has 0 aliphatic carbocycles. The number of rotatable bonds is 24. The lowest BCUT2D eigenvalue weighted by Crippen LogP contribution is -2.39. The Hall–Kier alpha value is -3.49. The van der Waals surface area contributed by atoms with Crippen molar-refractivity contribution in [3.63, 3.8) is 0 Å². The molecule has 3 aliphatic heterocycles. The highest BCUT2D eigenvalue weighted by Crippen LogP contribution is 2.45. The third kappa shape index (κ3) is 13.8. The summed E-state index contributed by atoms with van der Waals surface area (Å²) in [5, 5.41) is 16.9. The number of hydrogen-bond acceptors (Lipinski definition) is 12. The van der Waals surface area contributed by atoms with Gasteiger partial charge in [-0.1, -0.05) is 19.1 Å². The molecule has 0 radical (unpaired) electrons. The second-order valence-electron chi connectivity index (χ2n) is 15.0. The quantitative estimate of drug-likeness (QED) is 0.0570. The maximum Gasteiger partial charge on any atom is 0.407 e. The Morgan fingerprint density at radius 3 is 1.83 bits per heavy atom. The van der Waals surface area contributed by atoms with E-state index in [0.29, 0.717) is 65.2 Å². The summed E-state index contributed by atoms with van der Waals surface area (Å²) in [4.78, 5) is 53.4. The fourth-order valence-electron chi connectivity index (χ4n) is 5.98. The van der Waals surface area contributed by atoms with Crippen molar-refractivity contribution in [3.8, 4) is 6.07 Å². The van der Waals surface area contributed by atoms with Gasteiger partial charge in [-0.3, -0.25) is 19.4 Å². The molecule has 4 atom stereocenters. The van der Waals surface area contributed by atoms with Crippen LogP contribution in [0.15, 0.2) is 12.2 Å². The van der Waals surface area contributed by atoms with Crippen molar-refractivity contribution in [1.82, 2.24) is 20.4 Å². The van der Waals surface area contributed by atoms with Gasteiger partial charge in [0.2, 0.25) is 16.8 Å². The Bertz CT molecular complexity index is 1260. The van der Waals surface area contributed by atoms with E-state index < -0.39 is 35.2 Å². The maximum atomic E-state index is 12.9. The van der Waals surface area contributed by atoms with Crippen molar-refractivity contribution in [2.75, 3.05) is 72.3 Å². The van der Waals surface area contributed by atoms with Crippen LogP contribution in [0.25, 0.3) is 5.01 Å². The highest BCUT2D eigenvalue weighted by Gasteiger charge is 2.60. The molecule has 2 unspecified atom stereocenters. The number of imide groups is 1. The van der Waals surface area contributed by atoms with Crippen molar-refractivity contribution in [3.05, 3.63) is 17.2 Å². The molecule has 16 nitrogen and oxygen atoms in total. The Kier molecular flexibility index (Phi) is 16.6. The second kappa shape index (κ2) is 20.1. The molecule has 0 aromatic rings. The van der Waals surface area contributed by atoms with Gasteiger partial charge in [0.1, 0.15) is 19.6 Å². The van der Waals surface area contributed by atoms with Gasteiger partial charge in [-0.15, -0.1) is 0 Å². The first-order valence-electron chi connectivity index (χ1n) is 18.3. The van der Waals surface area contributed by atoms with Gasteiger partial charge in [0, 0.05) is 39.3 Å². The normalized spacial score (nSPS) is 21.0. The number of carbonyl (C=O) groups excluding carboxylic acids is 4. The van der Waals surface area contributed by atoms with Crippen LogP contribution in [0.2, 0.25) is 0 Å². The molecule has 294 valence electrons. The second-order valence-corrected chi connectivity index (χ2v) is 15.0. The monoisotopic (exact) mass is 738 g/mol. The largest absolute Gasteiger partial charge is 0.448 e. The van der Waals surface area contributed by atoms with Crippen LogP contribution in [-0.4, -0.2) is 140 Å². The van der Waals surface area contributed by atoms with Crippen molar-refractivity contribution in [1.29, 1.82) is 0 Å². The van der Waals surface area contributed by atoms with Crippen LogP contribution in [-0.2, 0) is 38.0 Å². The number of ether oxygens (including phenoxy) is 6. The standard InChI is InChI=1S/C36H59N5O11/c1-8-34(2,3)50-22-15-37-32(44)47-24-19-40(17-9-14-39-46)20-25-48-33(45)38-16-23-51-36(6,7)13-21-49-35(4,5)12-18-41-30(42)28-26-10-11-27(52-26)29(28)31(41)43/h10-11,26-29H,8-9,12-13,15-25H2,1-7H3,(H2-,37,38,44,45,46)/p+1/t26-,27?,28-,29?/m0/s1. The van der Waals surface area contributed by atoms with E-state index >= 15 is 0 Å². The average molecular weight is 739 g/mol. The van der Waals surface area contributed by atoms with Gasteiger partial charge in [0.15, 0.2) is 0 Å². The molecule has 3 N–H and O–H groups in total. The molecule has 0 saturated carbocycles. The van der Waals surface area contributed by atoms with Crippen LogP contribution < -0.4 is 10.6 Å². The number of nitrogens with one attached hydrogen (secondary N) is 2. The molecule has 4 amide bonds. The van der Waals surface area contributed by atoms with Crippen molar-refractivity contribution < 1.29 is 52.8 Å². The summed E-state index contributed by atoms with van der Waals surface area (Å²) in [6, 6.07) is 2.46. The summed E-state index contributed by atoms with van der Waals surface area (Å²) in [6.07, 6.45) is 4.33. The summed E-state index contributed by atoms with van der Waals surface area (Å²) < 4.78 is 34.1. The number of nitrogens with zero attached hydrogens (tertiary/aromatic N) is 3. The molecule has 2 fully saturated rings. The van der Waals surface area contributed by atoms with Crippen LogP contribution in [0.4, 0.5) is 9.59 Å². The van der Waals surface area contributed by atoms with Crippen LogP contribution in [0.3, 0.4) is 0 Å². The Balaban J connectivity index is 1.24. The van der Waals surface area contributed by atoms with E-state index in [0.717, 1.165) is 6.42 Å². The molecule has 16 heteroatoms. The molecule has 0 aromatic carbocycles. The van der Waals surface area contributed by atoms with Crippen molar-refractivity contribution >= 4 is 24.0 Å². The summed E-state index contributed by atoms with van der Waals surface area (Å²) in [5.41, 5.74) is -1.34. The lowest BCUT2D eigenvalue weighted by atomic mass is 9.85. The summed E-state index contributed by atoms with van der Waals surface area (Å²) in [5.74, 6) is -1.11. The smallest absolute Gasteiger partial charge is 0.407 e. The van der Waals surface area contributed by atoms with E-state index in [1.54, 1.807) is 0 Å². The van der Waals surface area contributed by atoms with Crippen LogP contribution >= 0.6 is 0 Å². The summed E-state index contributed by atoms with van der Waals surface area (Å²) in [6.45, 7) is 17.1. The highest BCUT2D eigenvalue weighted by atomic mass is 16.6. The fourth-order valence-corrected chi connectivity index (χ4v) is 5.98. The molecule has 2 bridgehead atoms. The van der Waals surface area contributed by atoms with Crippen molar-refractivity contribution in [2.24, 2.45) is 11.8 Å². The number of hydrogen-bond donors (Lipinski definition) is 3. The average Bonchev–Trinajstić information content (AvgIpc) is 3.77. The van der Waals surface area contributed by atoms with Crippen LogP contribution in [0, 0.1) is 17.9 Å². The van der Waals surface area contributed by atoms with E-state index in [4.69, 9.17) is 33.6 Å². The fraction of sp³-hybridized carbons (Fsp3) is 0.806. The van der Waals surface area contributed by atoms with Gasteiger partial charge >= 0.3 is 18.3 Å². The van der Waals surface area contributed by atoms with E-state index in [9.17, 15) is 19.2 Å². The SMILES string of the molecule is CCC(C)(C)OCCNC(=O)OCCN(CCC#[N+]O)CCOC(=O)NCCOC(C)(C)CCOC(C)(C)CCN1C(=O)C2C3C=C[C@H](O3)[C@@H]2C1=O. The van der Waals surface area contributed by atoms with E-state index in [1.807, 2.05) is 65.5 Å². The number of amides is 4. The number of fused-ring (bicyclic) bond motifs is 5. The minimum Gasteiger partial charge on any atom is -0.448 e. The highest BCUT2D eigenvalue weighted by molar-refractivity contribution is 6.06. The zero-order chi connectivity index (χ0) is 38.4. The molecular formula is C36H60N5O11+. The molecule has 3 heterocycles. The number of likely N-dealkylation sites (tertiary alicyclic amines) is 1. The molecule has 3 aliphatic rings. The first-order valence-corrected chi connectivity index (χ1v) is 18.3. The maximum absolute atomic E-state index is 12.9. The van der Waals surface area contributed by atoms with Crippen molar-refractivity contribution in [2.45, 2.75) is 103 Å². The third-order valence-corrected chi connectivity index (χ3v) is 9.61. The zero-order valence-electron chi connectivity index (χ0n) is 31.9. The van der Waals surface area contributed by atoms with Gasteiger partial charge in [-0.2, -0.15) is 5.21 Å². The lowest BCUT2D eigenvalue weighted by Gasteiger charge is -2.31. The van der Waals surface area contributed by atoms with Crippen LogP contribution in [0.5, 0.6) is 0 Å². The van der Waals surface area contributed by atoms with E-state index in [-0.39, 0.29) is 56.0 Å². The molecule has 2 saturated heterocycles. The van der Waals surface area contributed by atoms with Gasteiger partial charge in [-0.05, 0) is 60.8 Å². The number of carbonyl (C=O) groups is 4. The Morgan fingerprint density at radius 1 is 0.808 bits per heavy atom. The first kappa shape index (κ1) is 42.9. The van der Waals surface area contributed by atoms with Gasteiger partial charge < -0.3 is 39.1 Å². The molecule has 0 aromatic heterocycles. The predicted molar refractivity (Wildman–Crippen MR) is 190 cm³/mol. The topological polar surface area (TPSA) is 179 Å². The Labute approximate surface area is 307 Å². The molecular weight excluding hydrogens is 678 g/mol. The van der Waals surface area contributed by atoms with Crippen LogP contribution in [0.1, 0.15) is 74.1 Å². The zero-order valence-corrected chi connectivity index (χ0v) is 31.9. The van der Waals surface area contributed by atoms with Gasteiger partial charge in [0.25, 0.3) is 0 Å². The predicted octanol–water partition coefficient (Wildman–Crippen LogP) is 3.37. The molecule has 0 spiro atoms. The minimum absolute atomic E-state index is 0.0895. The number of alkyl carbamates (subject to hydrolysis) is 2. The van der Waals surface area contributed by atoms with E-state index in [1.165, 1.54) is 4.90 Å². The molecule has 3 rings (SSSR count).